The van der Waals surface area contributed by atoms with Crippen LogP contribution >= 0.6 is 11.3 Å². The zero-order valence-electron chi connectivity index (χ0n) is 10.6. The van der Waals surface area contributed by atoms with Gasteiger partial charge in [-0.05, 0) is 41.4 Å². The van der Waals surface area contributed by atoms with Crippen molar-refractivity contribution in [3.8, 4) is 0 Å². The quantitative estimate of drug-likeness (QED) is 0.909. The Labute approximate surface area is 115 Å². The van der Waals surface area contributed by atoms with Gasteiger partial charge in [0.05, 0.1) is 0 Å². The van der Waals surface area contributed by atoms with E-state index in [1.54, 1.807) is 0 Å². The molecule has 1 atom stereocenters. The minimum Gasteiger partial charge on any atom is -0.338 e. The molecule has 0 amide bonds. The average Bonchev–Trinajstić information content (AvgIpc) is 3.18. The lowest BCUT2D eigenvalue weighted by Crippen LogP contribution is -2.29. The molecule has 2 aliphatic rings. The van der Waals surface area contributed by atoms with Gasteiger partial charge >= 0.3 is 0 Å². The van der Waals surface area contributed by atoms with Gasteiger partial charge in [-0.3, -0.25) is 0 Å². The maximum atomic E-state index is 5.48. The molecule has 2 aromatic heterocycles. The van der Waals surface area contributed by atoms with Crippen LogP contribution in [0.4, 0.5) is 5.95 Å². The summed E-state index contributed by atoms with van der Waals surface area (Å²) in [5.41, 5.74) is 1.30. The lowest BCUT2D eigenvalue weighted by molar-refractivity contribution is 0.344. The van der Waals surface area contributed by atoms with Gasteiger partial charge in [-0.1, -0.05) is 0 Å². The van der Waals surface area contributed by atoms with Crippen molar-refractivity contribution >= 4 is 17.3 Å². The Morgan fingerprint density at radius 1 is 1.37 bits per heavy atom. The SMILES string of the molecule is c1cc2c(s1)CCNC2c1nc(N2CCCC2)no1. The maximum Gasteiger partial charge on any atom is 0.266 e. The number of fused-ring (bicyclic) bond motifs is 1. The van der Waals surface area contributed by atoms with Crippen molar-refractivity contribution in [3.63, 3.8) is 0 Å². The van der Waals surface area contributed by atoms with E-state index in [4.69, 9.17) is 4.52 Å². The first-order valence-corrected chi connectivity index (χ1v) is 7.68. The van der Waals surface area contributed by atoms with E-state index in [-0.39, 0.29) is 6.04 Å². The van der Waals surface area contributed by atoms with E-state index >= 15 is 0 Å². The number of hydrogen-bond acceptors (Lipinski definition) is 6. The topological polar surface area (TPSA) is 54.2 Å². The predicted octanol–water partition coefficient (Wildman–Crippen LogP) is 1.97. The van der Waals surface area contributed by atoms with Crippen LogP contribution < -0.4 is 10.2 Å². The Balaban J connectivity index is 1.63. The normalized spacial score (nSPS) is 22.7. The van der Waals surface area contributed by atoms with Crippen molar-refractivity contribution in [2.45, 2.75) is 25.3 Å². The second-order valence-corrected chi connectivity index (χ2v) is 6.06. The number of nitrogens with one attached hydrogen (secondary N) is 1. The molecular formula is C13H16N4OS. The fraction of sp³-hybridized carbons (Fsp3) is 0.538. The third-order valence-electron chi connectivity index (χ3n) is 3.86. The number of rotatable bonds is 2. The summed E-state index contributed by atoms with van der Waals surface area (Å²) in [5, 5.41) is 9.75. The monoisotopic (exact) mass is 276 g/mol. The van der Waals surface area contributed by atoms with Crippen LogP contribution in [0.25, 0.3) is 0 Å². The van der Waals surface area contributed by atoms with Gasteiger partial charge in [-0.2, -0.15) is 4.98 Å². The number of nitrogens with zero attached hydrogens (tertiary/aromatic N) is 3. The molecule has 1 saturated heterocycles. The minimum absolute atomic E-state index is 0.0684. The lowest BCUT2D eigenvalue weighted by Gasteiger charge is -2.20. The largest absolute Gasteiger partial charge is 0.338 e. The molecule has 100 valence electrons. The lowest BCUT2D eigenvalue weighted by atomic mass is 10.0. The molecule has 6 heteroatoms. The fourth-order valence-electron chi connectivity index (χ4n) is 2.86. The molecule has 0 aromatic carbocycles. The summed E-state index contributed by atoms with van der Waals surface area (Å²) in [4.78, 5) is 8.22. The highest BCUT2D eigenvalue weighted by molar-refractivity contribution is 7.10. The number of anilines is 1. The van der Waals surface area contributed by atoms with Gasteiger partial charge in [-0.15, -0.1) is 11.3 Å². The Bertz CT molecular complexity index is 573. The predicted molar refractivity (Wildman–Crippen MR) is 73.6 cm³/mol. The van der Waals surface area contributed by atoms with E-state index in [0.717, 1.165) is 32.0 Å². The molecule has 0 radical (unpaired) electrons. The molecule has 1 N–H and O–H groups in total. The minimum atomic E-state index is 0.0684. The summed E-state index contributed by atoms with van der Waals surface area (Å²) in [6.45, 7) is 3.06. The first-order valence-electron chi connectivity index (χ1n) is 6.80. The van der Waals surface area contributed by atoms with Crippen LogP contribution in [0.2, 0.25) is 0 Å². The smallest absolute Gasteiger partial charge is 0.266 e. The van der Waals surface area contributed by atoms with E-state index in [1.165, 1.54) is 23.3 Å². The summed E-state index contributed by atoms with van der Waals surface area (Å²) in [7, 11) is 0. The standard InChI is InChI=1S/C13H16N4OS/c1-2-7-17(6-1)13-15-12(18-16-13)11-9-4-8-19-10(9)3-5-14-11/h4,8,11,14H,1-3,5-7H2. The van der Waals surface area contributed by atoms with E-state index in [9.17, 15) is 0 Å². The Morgan fingerprint density at radius 2 is 2.26 bits per heavy atom. The molecule has 5 nitrogen and oxygen atoms in total. The highest BCUT2D eigenvalue weighted by Crippen LogP contribution is 2.32. The van der Waals surface area contributed by atoms with E-state index < -0.39 is 0 Å². The number of aromatic nitrogens is 2. The van der Waals surface area contributed by atoms with Crippen molar-refractivity contribution in [2.75, 3.05) is 24.5 Å². The van der Waals surface area contributed by atoms with E-state index in [2.05, 4.69) is 31.8 Å². The highest BCUT2D eigenvalue weighted by Gasteiger charge is 2.28. The van der Waals surface area contributed by atoms with Crippen molar-refractivity contribution in [1.29, 1.82) is 0 Å². The molecule has 1 fully saturated rings. The molecule has 19 heavy (non-hydrogen) atoms. The van der Waals surface area contributed by atoms with Crippen LogP contribution in [0.3, 0.4) is 0 Å². The van der Waals surface area contributed by atoms with Gasteiger partial charge in [0.25, 0.3) is 5.95 Å². The zero-order chi connectivity index (χ0) is 12.7. The third kappa shape index (κ3) is 1.95. The van der Waals surface area contributed by atoms with Crippen LogP contribution in [0.15, 0.2) is 16.0 Å². The molecule has 0 aliphatic carbocycles. The Morgan fingerprint density at radius 3 is 3.16 bits per heavy atom. The van der Waals surface area contributed by atoms with Crippen LogP contribution in [0, 0.1) is 0 Å². The van der Waals surface area contributed by atoms with E-state index in [0.29, 0.717) is 5.89 Å². The second kappa shape index (κ2) is 4.61. The van der Waals surface area contributed by atoms with Gasteiger partial charge < -0.3 is 14.7 Å². The Kier molecular flexibility index (Phi) is 2.77. The van der Waals surface area contributed by atoms with Crippen LogP contribution in [0.1, 0.15) is 35.2 Å². The summed E-state index contributed by atoms with van der Waals surface area (Å²) in [5.74, 6) is 1.44. The first kappa shape index (κ1) is 11.4. The van der Waals surface area contributed by atoms with Crippen LogP contribution in [-0.2, 0) is 6.42 Å². The molecule has 4 heterocycles. The summed E-state index contributed by atoms with van der Waals surface area (Å²) in [6, 6.07) is 2.23. The number of thiophene rings is 1. The highest BCUT2D eigenvalue weighted by atomic mass is 32.1. The van der Waals surface area contributed by atoms with E-state index in [1.807, 2.05) is 11.3 Å². The van der Waals surface area contributed by atoms with Crippen molar-refractivity contribution < 1.29 is 4.52 Å². The zero-order valence-corrected chi connectivity index (χ0v) is 11.4. The van der Waals surface area contributed by atoms with Crippen LogP contribution in [0.5, 0.6) is 0 Å². The van der Waals surface area contributed by atoms with Crippen molar-refractivity contribution in [1.82, 2.24) is 15.5 Å². The number of hydrogen-bond donors (Lipinski definition) is 1. The van der Waals surface area contributed by atoms with Gasteiger partial charge in [0.2, 0.25) is 5.89 Å². The molecule has 4 rings (SSSR count). The fourth-order valence-corrected chi connectivity index (χ4v) is 3.78. The molecule has 1 unspecified atom stereocenters. The van der Waals surface area contributed by atoms with Gasteiger partial charge in [-0.25, -0.2) is 0 Å². The molecular weight excluding hydrogens is 260 g/mol. The molecule has 0 bridgehead atoms. The second-order valence-electron chi connectivity index (χ2n) is 5.06. The third-order valence-corrected chi connectivity index (χ3v) is 4.85. The molecule has 0 saturated carbocycles. The van der Waals surface area contributed by atoms with Gasteiger partial charge in [0, 0.05) is 24.5 Å². The first-order chi connectivity index (χ1) is 9.42. The van der Waals surface area contributed by atoms with Gasteiger partial charge in [0.15, 0.2) is 0 Å². The maximum absolute atomic E-state index is 5.48. The summed E-state index contributed by atoms with van der Waals surface area (Å²) < 4.78 is 5.48. The molecule has 2 aliphatic heterocycles. The van der Waals surface area contributed by atoms with Gasteiger partial charge in [0.1, 0.15) is 6.04 Å². The van der Waals surface area contributed by atoms with Crippen LogP contribution in [-0.4, -0.2) is 29.8 Å². The van der Waals surface area contributed by atoms with Crippen molar-refractivity contribution in [2.24, 2.45) is 0 Å². The van der Waals surface area contributed by atoms with Crippen molar-refractivity contribution in [3.05, 3.63) is 27.8 Å². The molecule has 0 spiro atoms. The Hall–Kier alpha value is -1.40. The molecule has 2 aromatic rings. The average molecular weight is 276 g/mol. The summed E-state index contributed by atoms with van der Waals surface area (Å²) >= 11 is 1.82. The summed E-state index contributed by atoms with van der Waals surface area (Å²) in [6.07, 6.45) is 3.54.